The molecule has 130 valence electrons. The maximum Gasteiger partial charge on any atom is -0.0238 e. The average molecular weight is 338 g/mol. The molecule has 0 N–H and O–H groups in total. The molecule has 3 rings (SSSR count). The molecule has 0 fully saturated rings. The quantitative estimate of drug-likeness (QED) is 0.437. The van der Waals surface area contributed by atoms with Crippen molar-refractivity contribution in [3.8, 4) is 0 Å². The summed E-state index contributed by atoms with van der Waals surface area (Å²) in [5, 5.41) is 0. The number of aryl methyl sites for hydroxylation is 4. The highest BCUT2D eigenvalue weighted by molar-refractivity contribution is 5.48. The molecule has 0 heteroatoms. The highest BCUT2D eigenvalue weighted by Crippen LogP contribution is 2.14. The van der Waals surface area contributed by atoms with Crippen LogP contribution in [0.2, 0.25) is 0 Å². The van der Waals surface area contributed by atoms with Crippen molar-refractivity contribution in [2.45, 2.75) is 25.7 Å². The van der Waals surface area contributed by atoms with Gasteiger partial charge in [-0.05, 0) is 59.1 Å². The molecular formula is C26H26. The van der Waals surface area contributed by atoms with Crippen LogP contribution in [0.5, 0.6) is 0 Å². The third-order valence-electron chi connectivity index (χ3n) is 4.80. The number of hydrogen-bond donors (Lipinski definition) is 0. The van der Waals surface area contributed by atoms with Gasteiger partial charge in [-0.3, -0.25) is 0 Å². The van der Waals surface area contributed by atoms with Crippen LogP contribution in [0.3, 0.4) is 0 Å². The SMILES string of the molecule is C=Cc1ccc(CCc2cccc(CCc3cccc(C=C)c3)c2)cc1. The molecule has 0 spiro atoms. The summed E-state index contributed by atoms with van der Waals surface area (Å²) < 4.78 is 0. The Kier molecular flexibility index (Phi) is 6.22. The van der Waals surface area contributed by atoms with Crippen LogP contribution in [0.4, 0.5) is 0 Å². The molecule has 0 aromatic heterocycles. The van der Waals surface area contributed by atoms with Gasteiger partial charge in [0, 0.05) is 0 Å². The summed E-state index contributed by atoms with van der Waals surface area (Å²) in [7, 11) is 0. The van der Waals surface area contributed by atoms with Crippen molar-refractivity contribution in [2.75, 3.05) is 0 Å². The molecule has 0 radical (unpaired) electrons. The van der Waals surface area contributed by atoms with E-state index < -0.39 is 0 Å². The van der Waals surface area contributed by atoms with E-state index >= 15 is 0 Å². The fraction of sp³-hybridized carbons (Fsp3) is 0.154. The molecule has 0 heterocycles. The fourth-order valence-electron chi connectivity index (χ4n) is 3.21. The molecule has 0 saturated carbocycles. The molecule has 0 amide bonds. The lowest BCUT2D eigenvalue weighted by atomic mass is 9.98. The van der Waals surface area contributed by atoms with E-state index in [9.17, 15) is 0 Å². The van der Waals surface area contributed by atoms with E-state index in [0.717, 1.165) is 25.7 Å². The maximum absolute atomic E-state index is 3.85. The lowest BCUT2D eigenvalue weighted by Crippen LogP contribution is -1.95. The predicted octanol–water partition coefficient (Wildman–Crippen LogP) is 6.54. The zero-order chi connectivity index (χ0) is 18.2. The molecule has 0 bridgehead atoms. The summed E-state index contributed by atoms with van der Waals surface area (Å²) in [6.45, 7) is 7.66. The molecule has 26 heavy (non-hydrogen) atoms. The normalized spacial score (nSPS) is 10.5. The molecule has 0 aliphatic heterocycles. The lowest BCUT2D eigenvalue weighted by Gasteiger charge is -2.07. The smallest absolute Gasteiger partial charge is 0.0238 e. The van der Waals surface area contributed by atoms with E-state index in [1.807, 2.05) is 12.2 Å². The van der Waals surface area contributed by atoms with Gasteiger partial charge in [0.15, 0.2) is 0 Å². The minimum atomic E-state index is 1.06. The Morgan fingerprint density at radius 1 is 0.500 bits per heavy atom. The summed E-state index contributed by atoms with van der Waals surface area (Å²) in [6.07, 6.45) is 8.08. The topological polar surface area (TPSA) is 0 Å². The van der Waals surface area contributed by atoms with Gasteiger partial charge in [-0.15, -0.1) is 0 Å². The van der Waals surface area contributed by atoms with E-state index in [1.54, 1.807) is 0 Å². The minimum Gasteiger partial charge on any atom is -0.0985 e. The van der Waals surface area contributed by atoms with Gasteiger partial charge in [0.2, 0.25) is 0 Å². The Morgan fingerprint density at radius 3 is 1.58 bits per heavy atom. The predicted molar refractivity (Wildman–Crippen MR) is 114 cm³/mol. The van der Waals surface area contributed by atoms with Crippen molar-refractivity contribution >= 4 is 12.2 Å². The first-order chi connectivity index (χ1) is 12.8. The lowest BCUT2D eigenvalue weighted by molar-refractivity contribution is 0.930. The zero-order valence-electron chi connectivity index (χ0n) is 15.3. The molecule has 3 aromatic carbocycles. The van der Waals surface area contributed by atoms with Gasteiger partial charge in [-0.2, -0.15) is 0 Å². The largest absolute Gasteiger partial charge is 0.0985 e. The second kappa shape index (κ2) is 9.01. The van der Waals surface area contributed by atoms with Crippen LogP contribution in [-0.4, -0.2) is 0 Å². The summed E-state index contributed by atoms with van der Waals surface area (Å²) in [4.78, 5) is 0. The van der Waals surface area contributed by atoms with Crippen molar-refractivity contribution in [3.63, 3.8) is 0 Å². The molecule has 0 saturated heterocycles. The Morgan fingerprint density at radius 2 is 1.00 bits per heavy atom. The van der Waals surface area contributed by atoms with E-state index in [1.165, 1.54) is 33.4 Å². The van der Waals surface area contributed by atoms with Crippen LogP contribution in [-0.2, 0) is 25.7 Å². The van der Waals surface area contributed by atoms with E-state index in [-0.39, 0.29) is 0 Å². The molecule has 0 atom stereocenters. The van der Waals surface area contributed by atoms with E-state index in [0.29, 0.717) is 0 Å². The fourth-order valence-corrected chi connectivity index (χ4v) is 3.21. The first-order valence-corrected chi connectivity index (χ1v) is 9.27. The van der Waals surface area contributed by atoms with Crippen LogP contribution in [0, 0.1) is 0 Å². The van der Waals surface area contributed by atoms with Gasteiger partial charge in [-0.25, -0.2) is 0 Å². The van der Waals surface area contributed by atoms with Gasteiger partial charge in [-0.1, -0.05) is 98.1 Å². The molecule has 0 aliphatic carbocycles. The van der Waals surface area contributed by atoms with Crippen LogP contribution in [0.1, 0.15) is 33.4 Å². The molecule has 0 aliphatic rings. The molecule has 3 aromatic rings. The van der Waals surface area contributed by atoms with Gasteiger partial charge in [0.25, 0.3) is 0 Å². The molecular weight excluding hydrogens is 312 g/mol. The summed E-state index contributed by atoms with van der Waals surface area (Å²) >= 11 is 0. The van der Waals surface area contributed by atoms with E-state index in [4.69, 9.17) is 0 Å². The van der Waals surface area contributed by atoms with Crippen molar-refractivity contribution in [2.24, 2.45) is 0 Å². The Bertz CT molecular complexity index is 869. The summed E-state index contributed by atoms with van der Waals surface area (Å²) in [5.74, 6) is 0. The van der Waals surface area contributed by atoms with Gasteiger partial charge in [0.1, 0.15) is 0 Å². The van der Waals surface area contributed by atoms with Crippen molar-refractivity contribution in [1.82, 2.24) is 0 Å². The average Bonchev–Trinajstić information content (AvgIpc) is 2.71. The van der Waals surface area contributed by atoms with Gasteiger partial charge >= 0.3 is 0 Å². The minimum absolute atomic E-state index is 1.06. The molecule has 0 nitrogen and oxygen atoms in total. The van der Waals surface area contributed by atoms with Crippen LogP contribution < -0.4 is 0 Å². The van der Waals surface area contributed by atoms with Gasteiger partial charge in [0.05, 0.1) is 0 Å². The maximum atomic E-state index is 3.85. The Balaban J connectivity index is 1.58. The van der Waals surface area contributed by atoms with Crippen LogP contribution >= 0.6 is 0 Å². The monoisotopic (exact) mass is 338 g/mol. The first-order valence-electron chi connectivity index (χ1n) is 9.27. The van der Waals surface area contributed by atoms with Crippen LogP contribution in [0.15, 0.2) is 86.0 Å². The number of hydrogen-bond acceptors (Lipinski definition) is 0. The summed E-state index contributed by atoms with van der Waals surface area (Å²) in [6, 6.07) is 26.3. The second-order valence-corrected chi connectivity index (χ2v) is 6.71. The van der Waals surface area contributed by atoms with E-state index in [2.05, 4.69) is 86.0 Å². The van der Waals surface area contributed by atoms with Crippen molar-refractivity contribution in [3.05, 3.63) is 119 Å². The van der Waals surface area contributed by atoms with Gasteiger partial charge < -0.3 is 0 Å². The Hall–Kier alpha value is -2.86. The van der Waals surface area contributed by atoms with Crippen LogP contribution in [0.25, 0.3) is 12.2 Å². The second-order valence-electron chi connectivity index (χ2n) is 6.71. The first kappa shape index (κ1) is 17.9. The standard InChI is InChI=1S/C26H26/c1-3-21-11-13-23(14-12-21)15-16-25-9-6-10-26(20-25)18-17-24-8-5-7-22(4-2)19-24/h3-14,19-20H,1-2,15-18H2. The Labute approximate surface area is 157 Å². The number of rotatable bonds is 8. The number of benzene rings is 3. The van der Waals surface area contributed by atoms with Crippen molar-refractivity contribution in [1.29, 1.82) is 0 Å². The molecule has 0 unspecified atom stereocenters. The highest BCUT2D eigenvalue weighted by atomic mass is 14.1. The van der Waals surface area contributed by atoms with Crippen molar-refractivity contribution < 1.29 is 0 Å². The third-order valence-corrected chi connectivity index (χ3v) is 4.80. The summed E-state index contributed by atoms with van der Waals surface area (Å²) in [5.41, 5.74) is 7.94. The zero-order valence-corrected chi connectivity index (χ0v) is 15.3. The highest BCUT2D eigenvalue weighted by Gasteiger charge is 2.00. The third kappa shape index (κ3) is 5.07.